The van der Waals surface area contributed by atoms with E-state index >= 15 is 0 Å². The van der Waals surface area contributed by atoms with E-state index in [1.807, 2.05) is 6.92 Å². The largest absolute Gasteiger partial charge is 0.477 e. The number of nitrogens with zero attached hydrogens (tertiary/aromatic N) is 5. The van der Waals surface area contributed by atoms with E-state index in [1.54, 1.807) is 24.4 Å². The Balaban J connectivity index is 1.41. The van der Waals surface area contributed by atoms with Crippen molar-refractivity contribution >= 4 is 28.7 Å². The Labute approximate surface area is 254 Å². The highest BCUT2D eigenvalue weighted by molar-refractivity contribution is 8.13. The van der Waals surface area contributed by atoms with Crippen LogP contribution in [0.4, 0.5) is 19.0 Å². The minimum atomic E-state index is -4.22. The fraction of sp³-hybridized carbons (Fsp3) is 0.533. The topological polar surface area (TPSA) is 96.7 Å². The number of aliphatic imine (C=N–C) groups is 1. The maximum absolute atomic E-state index is 13.6. The second-order valence-corrected chi connectivity index (χ2v) is 13.1. The number of ether oxygens (including phenoxy) is 1. The molecule has 2 bridgehead atoms. The lowest BCUT2D eigenvalue weighted by atomic mass is 9.93. The van der Waals surface area contributed by atoms with Gasteiger partial charge >= 0.3 is 6.18 Å². The van der Waals surface area contributed by atoms with Crippen molar-refractivity contribution in [2.75, 3.05) is 24.6 Å². The Morgan fingerprint density at radius 2 is 2.02 bits per heavy atom. The summed E-state index contributed by atoms with van der Waals surface area (Å²) in [5.74, 6) is 1.80. The first kappa shape index (κ1) is 31.0. The summed E-state index contributed by atoms with van der Waals surface area (Å²) >= 11 is 1.07. The van der Waals surface area contributed by atoms with Gasteiger partial charge in [0.25, 0.3) is 5.91 Å². The molecular weight excluding hydrogens is 579 g/mol. The van der Waals surface area contributed by atoms with E-state index in [4.69, 9.17) is 9.72 Å². The average Bonchev–Trinajstić information content (AvgIpc) is 3.49. The SMILES string of the molecule is C=C1/N=C(\C(=C)C)SNC(=O)c2ccc(-n3ccc(OCCC4(C(F)(F)F)CC4)n3)nc2N2CC(CCCN1)CC2(C)C. The van der Waals surface area contributed by atoms with E-state index < -0.39 is 11.6 Å². The van der Waals surface area contributed by atoms with Gasteiger partial charge in [-0.1, -0.05) is 13.2 Å². The lowest BCUT2D eigenvalue weighted by Gasteiger charge is -2.34. The number of aromatic nitrogens is 3. The summed E-state index contributed by atoms with van der Waals surface area (Å²) in [5, 5.41) is 8.21. The molecule has 2 N–H and O–H groups in total. The van der Waals surface area contributed by atoms with Crippen LogP contribution in [0.2, 0.25) is 0 Å². The van der Waals surface area contributed by atoms with E-state index in [0.29, 0.717) is 39.6 Å². The summed E-state index contributed by atoms with van der Waals surface area (Å²) in [4.78, 5) is 25.2. The van der Waals surface area contributed by atoms with E-state index in [1.165, 1.54) is 4.68 Å². The molecule has 0 spiro atoms. The highest BCUT2D eigenvalue weighted by atomic mass is 32.2. The first-order chi connectivity index (χ1) is 20.3. The van der Waals surface area contributed by atoms with Crippen LogP contribution < -0.4 is 19.7 Å². The van der Waals surface area contributed by atoms with Crippen molar-refractivity contribution in [2.45, 2.75) is 71.0 Å². The quantitative estimate of drug-likeness (QED) is 0.373. The Kier molecular flexibility index (Phi) is 8.56. The summed E-state index contributed by atoms with van der Waals surface area (Å²) in [6.07, 6.45) is 0.482. The van der Waals surface area contributed by atoms with E-state index in [2.05, 4.69) is 52.0 Å². The van der Waals surface area contributed by atoms with Crippen molar-refractivity contribution in [1.82, 2.24) is 24.8 Å². The molecule has 13 heteroatoms. The molecule has 2 aliphatic heterocycles. The maximum Gasteiger partial charge on any atom is 0.394 e. The van der Waals surface area contributed by atoms with Crippen LogP contribution in [0.25, 0.3) is 5.82 Å². The van der Waals surface area contributed by atoms with Gasteiger partial charge in [0.15, 0.2) is 5.82 Å². The number of halogens is 3. The number of pyridine rings is 1. The molecule has 3 aliphatic rings. The summed E-state index contributed by atoms with van der Waals surface area (Å²) in [6.45, 7) is 15.5. The zero-order valence-corrected chi connectivity index (χ0v) is 25.6. The van der Waals surface area contributed by atoms with Crippen LogP contribution in [0.1, 0.15) is 69.7 Å². The summed E-state index contributed by atoms with van der Waals surface area (Å²) < 4.78 is 49.8. The van der Waals surface area contributed by atoms with Gasteiger partial charge in [0.2, 0.25) is 5.88 Å². The highest BCUT2D eigenvalue weighted by Crippen LogP contribution is 2.59. The van der Waals surface area contributed by atoms with Crippen LogP contribution in [0.3, 0.4) is 0 Å². The van der Waals surface area contributed by atoms with Crippen molar-refractivity contribution in [2.24, 2.45) is 16.3 Å². The summed E-state index contributed by atoms with van der Waals surface area (Å²) in [5.41, 5.74) is -0.784. The minimum absolute atomic E-state index is 0.0757. The molecule has 1 unspecified atom stereocenters. The van der Waals surface area contributed by atoms with Crippen LogP contribution in [0, 0.1) is 11.3 Å². The number of rotatable bonds is 6. The fourth-order valence-corrected chi connectivity index (χ4v) is 6.36. The molecule has 43 heavy (non-hydrogen) atoms. The Morgan fingerprint density at radius 1 is 1.26 bits per heavy atom. The van der Waals surface area contributed by atoms with Crippen molar-refractivity contribution in [1.29, 1.82) is 0 Å². The van der Waals surface area contributed by atoms with Crippen molar-refractivity contribution < 1.29 is 22.7 Å². The molecule has 4 heterocycles. The number of fused-ring (bicyclic) bond motifs is 4. The third-order valence-corrected chi connectivity index (χ3v) is 9.29. The normalized spacial score (nSPS) is 23.2. The molecule has 9 nitrogen and oxygen atoms in total. The number of hydrogen-bond acceptors (Lipinski definition) is 8. The standard InChI is InChI=1S/C30H38F3N7O2S/c1-19(2)27-35-20(3)34-14-6-7-21-17-28(4,5)39(18-21)25-22(26(41)38-43-27)8-9-23(36-25)40-15-10-24(37-40)42-16-13-29(11-12-29)30(31,32)33/h8-10,15,21,34H,1,3,6-7,11-14,16-18H2,2,4-5H3,(H,38,41)/b35-27+. The number of anilines is 1. The molecule has 1 aliphatic carbocycles. The first-order valence-electron chi connectivity index (χ1n) is 14.5. The van der Waals surface area contributed by atoms with Gasteiger partial charge in [0.1, 0.15) is 16.7 Å². The molecule has 232 valence electrons. The highest BCUT2D eigenvalue weighted by Gasteiger charge is 2.62. The predicted octanol–water partition coefficient (Wildman–Crippen LogP) is 6.19. The van der Waals surface area contributed by atoms with E-state index in [9.17, 15) is 18.0 Å². The van der Waals surface area contributed by atoms with Gasteiger partial charge in [-0.25, -0.2) is 14.7 Å². The number of hydrogen-bond donors (Lipinski definition) is 2. The van der Waals surface area contributed by atoms with Gasteiger partial charge in [-0.05, 0) is 82.9 Å². The van der Waals surface area contributed by atoms with Gasteiger partial charge in [-0.2, -0.15) is 13.2 Å². The molecule has 2 fully saturated rings. The predicted molar refractivity (Wildman–Crippen MR) is 162 cm³/mol. The number of nitrogens with one attached hydrogen (secondary N) is 2. The lowest BCUT2D eigenvalue weighted by molar-refractivity contribution is -0.190. The molecule has 2 aromatic rings. The molecule has 2 aromatic heterocycles. The van der Waals surface area contributed by atoms with Crippen molar-refractivity contribution in [3.05, 3.63) is 54.5 Å². The Morgan fingerprint density at radius 3 is 2.72 bits per heavy atom. The zero-order valence-electron chi connectivity index (χ0n) is 24.8. The minimum Gasteiger partial charge on any atom is -0.477 e. The maximum atomic E-state index is 13.6. The number of carbonyl (C=O) groups excluding carboxylic acids is 1. The first-order valence-corrected chi connectivity index (χ1v) is 15.3. The van der Waals surface area contributed by atoms with Gasteiger partial charge < -0.3 is 15.0 Å². The third-order valence-electron chi connectivity index (χ3n) is 8.37. The molecule has 1 saturated heterocycles. The molecule has 1 atom stereocenters. The zero-order chi connectivity index (χ0) is 31.0. The van der Waals surface area contributed by atoms with Crippen LogP contribution in [-0.4, -0.2) is 57.1 Å². The number of amides is 1. The van der Waals surface area contributed by atoms with Crippen molar-refractivity contribution in [3.63, 3.8) is 0 Å². The van der Waals surface area contributed by atoms with Gasteiger partial charge in [-0.3, -0.25) is 9.52 Å². The van der Waals surface area contributed by atoms with E-state index in [-0.39, 0.29) is 43.2 Å². The summed E-state index contributed by atoms with van der Waals surface area (Å²) in [6, 6.07) is 5.01. The van der Waals surface area contributed by atoms with Gasteiger partial charge in [-0.15, -0.1) is 5.10 Å². The average molecular weight is 618 g/mol. The van der Waals surface area contributed by atoms with Crippen LogP contribution in [0.15, 0.2) is 53.9 Å². The molecule has 1 amide bonds. The molecule has 1 saturated carbocycles. The number of alkyl halides is 3. The number of carbonyl (C=O) groups is 1. The Bertz CT molecular complexity index is 1430. The molecular formula is C30H38F3N7O2S. The molecule has 5 rings (SSSR count). The lowest BCUT2D eigenvalue weighted by Crippen LogP contribution is -2.40. The summed E-state index contributed by atoms with van der Waals surface area (Å²) in [7, 11) is 0. The second kappa shape index (κ2) is 11.9. The fourth-order valence-electron chi connectivity index (χ4n) is 5.73. The van der Waals surface area contributed by atoms with Crippen LogP contribution >= 0.6 is 11.9 Å². The smallest absolute Gasteiger partial charge is 0.394 e. The Hall–Kier alpha value is -3.48. The van der Waals surface area contributed by atoms with Gasteiger partial charge in [0.05, 0.1) is 17.6 Å². The van der Waals surface area contributed by atoms with Gasteiger partial charge in [0, 0.05) is 42.8 Å². The van der Waals surface area contributed by atoms with E-state index in [0.717, 1.165) is 44.3 Å². The molecule has 0 aromatic carbocycles. The van der Waals surface area contributed by atoms with Crippen LogP contribution in [0.5, 0.6) is 5.88 Å². The monoisotopic (exact) mass is 617 g/mol. The van der Waals surface area contributed by atoms with Crippen LogP contribution in [-0.2, 0) is 0 Å². The van der Waals surface area contributed by atoms with Crippen molar-refractivity contribution in [3.8, 4) is 11.7 Å². The molecule has 0 radical (unpaired) electrons. The third kappa shape index (κ3) is 6.86. The second-order valence-electron chi connectivity index (χ2n) is 12.3.